The van der Waals surface area contributed by atoms with Gasteiger partial charge in [0.25, 0.3) is 0 Å². The van der Waals surface area contributed by atoms with E-state index in [0.29, 0.717) is 0 Å². The van der Waals surface area contributed by atoms with Crippen molar-refractivity contribution >= 4 is 11.9 Å². The van der Waals surface area contributed by atoms with Gasteiger partial charge >= 0.3 is 5.97 Å². The van der Waals surface area contributed by atoms with E-state index in [1.807, 2.05) is 0 Å². The van der Waals surface area contributed by atoms with Crippen molar-refractivity contribution in [2.45, 2.75) is 44.1 Å². The zero-order valence-corrected chi connectivity index (χ0v) is 9.86. The molecule has 1 unspecified atom stereocenters. The topological polar surface area (TPSA) is 86.6 Å². The summed E-state index contributed by atoms with van der Waals surface area (Å²) in [5.41, 5.74) is 0. The van der Waals surface area contributed by atoms with Crippen LogP contribution in [0.2, 0.25) is 0 Å². The molecule has 0 aromatic heterocycles. The fourth-order valence-electron chi connectivity index (χ4n) is 1.98. The third kappa shape index (κ3) is 4.21. The van der Waals surface area contributed by atoms with Gasteiger partial charge in [0, 0.05) is 31.8 Å². The molecule has 1 fully saturated rings. The molecule has 0 bridgehead atoms. The van der Waals surface area contributed by atoms with Gasteiger partial charge in [-0.25, -0.2) is 13.6 Å². The number of amides is 1. The van der Waals surface area contributed by atoms with Gasteiger partial charge in [0.05, 0.1) is 0 Å². The second kappa shape index (κ2) is 6.08. The maximum absolute atomic E-state index is 12.9. The Morgan fingerprint density at radius 1 is 1.33 bits per heavy atom. The van der Waals surface area contributed by atoms with E-state index in [-0.39, 0.29) is 38.7 Å². The van der Waals surface area contributed by atoms with Gasteiger partial charge in [-0.1, -0.05) is 0 Å². The second-order valence-electron chi connectivity index (χ2n) is 4.54. The van der Waals surface area contributed by atoms with E-state index in [1.54, 1.807) is 0 Å². The second-order valence-corrected chi connectivity index (χ2v) is 4.54. The highest BCUT2D eigenvalue weighted by atomic mass is 19.3. The summed E-state index contributed by atoms with van der Waals surface area (Å²) in [6.07, 6.45) is -0.663. The molecule has 0 aromatic carbocycles. The van der Waals surface area contributed by atoms with Gasteiger partial charge in [0.15, 0.2) is 0 Å². The fourth-order valence-corrected chi connectivity index (χ4v) is 1.98. The van der Waals surface area contributed by atoms with Gasteiger partial charge in [-0.2, -0.15) is 0 Å². The average molecular weight is 265 g/mol. The Labute approximate surface area is 103 Å². The van der Waals surface area contributed by atoms with E-state index >= 15 is 0 Å². The summed E-state index contributed by atoms with van der Waals surface area (Å²) >= 11 is 0. The number of carboxylic acid groups (broad SMARTS) is 1. The highest BCUT2D eigenvalue weighted by molar-refractivity contribution is 5.85. The van der Waals surface area contributed by atoms with Crippen molar-refractivity contribution in [1.82, 2.24) is 5.32 Å². The van der Waals surface area contributed by atoms with Gasteiger partial charge in [-0.15, -0.1) is 0 Å². The molecule has 1 aliphatic carbocycles. The number of carbonyl (C=O) groups is 2. The summed E-state index contributed by atoms with van der Waals surface area (Å²) in [6.45, 7) is -0.361. The lowest BCUT2D eigenvalue weighted by Crippen LogP contribution is -2.45. The number of hydrogen-bond donors (Lipinski definition) is 3. The molecular formula is C11H17F2NO4. The molecular weight excluding hydrogens is 248 g/mol. The van der Waals surface area contributed by atoms with Gasteiger partial charge in [-0.05, 0) is 12.8 Å². The predicted molar refractivity (Wildman–Crippen MR) is 58.2 cm³/mol. The van der Waals surface area contributed by atoms with Crippen LogP contribution in [0, 0.1) is 5.92 Å². The largest absolute Gasteiger partial charge is 0.480 e. The van der Waals surface area contributed by atoms with Crippen molar-refractivity contribution < 1.29 is 28.6 Å². The number of alkyl halides is 2. The Hall–Kier alpha value is -1.24. The van der Waals surface area contributed by atoms with Crippen molar-refractivity contribution in [2.75, 3.05) is 6.61 Å². The first-order chi connectivity index (χ1) is 8.35. The number of carbonyl (C=O) groups excluding carboxylic acids is 1. The summed E-state index contributed by atoms with van der Waals surface area (Å²) in [4.78, 5) is 22.5. The van der Waals surface area contributed by atoms with Crippen molar-refractivity contribution in [3.63, 3.8) is 0 Å². The van der Waals surface area contributed by atoms with E-state index in [0.717, 1.165) is 0 Å². The first kappa shape index (κ1) is 14.8. The zero-order chi connectivity index (χ0) is 13.8. The van der Waals surface area contributed by atoms with Crippen LogP contribution in [-0.4, -0.2) is 40.7 Å². The molecule has 1 amide bonds. The molecule has 0 saturated heterocycles. The molecule has 1 saturated carbocycles. The standard InChI is InChI=1S/C11H17F2NO4/c12-11(13)4-1-7(2-5-11)9(16)14-8(3-6-15)10(17)18/h7-8,15H,1-6H2,(H,14,16)(H,17,18). The van der Waals surface area contributed by atoms with Crippen molar-refractivity contribution in [3.8, 4) is 0 Å². The normalized spacial score (nSPS) is 21.3. The lowest BCUT2D eigenvalue weighted by molar-refractivity contribution is -0.143. The number of nitrogens with one attached hydrogen (secondary N) is 1. The van der Waals surface area contributed by atoms with Crippen molar-refractivity contribution in [1.29, 1.82) is 0 Å². The van der Waals surface area contributed by atoms with E-state index < -0.39 is 29.8 Å². The highest BCUT2D eigenvalue weighted by Crippen LogP contribution is 2.36. The van der Waals surface area contributed by atoms with Crippen LogP contribution in [0.1, 0.15) is 32.1 Å². The molecule has 0 spiro atoms. The lowest BCUT2D eigenvalue weighted by Gasteiger charge is -2.28. The molecule has 5 nitrogen and oxygen atoms in total. The number of hydrogen-bond acceptors (Lipinski definition) is 3. The SMILES string of the molecule is O=C(NC(CCO)C(=O)O)C1CCC(F)(F)CC1. The quantitative estimate of drug-likeness (QED) is 0.685. The average Bonchev–Trinajstić information content (AvgIpc) is 2.28. The Morgan fingerprint density at radius 3 is 2.33 bits per heavy atom. The Bertz CT molecular complexity index is 312. The van der Waals surface area contributed by atoms with Crippen LogP contribution < -0.4 is 5.32 Å². The van der Waals surface area contributed by atoms with Gasteiger partial charge in [0.1, 0.15) is 6.04 Å². The van der Waals surface area contributed by atoms with Crippen LogP contribution in [-0.2, 0) is 9.59 Å². The molecule has 0 aliphatic heterocycles. The number of rotatable bonds is 5. The minimum Gasteiger partial charge on any atom is -0.480 e. The summed E-state index contributed by atoms with van der Waals surface area (Å²) in [5.74, 6) is -5.04. The maximum Gasteiger partial charge on any atom is 0.326 e. The molecule has 1 aliphatic rings. The Balaban J connectivity index is 2.47. The molecule has 3 N–H and O–H groups in total. The molecule has 1 atom stereocenters. The summed E-state index contributed by atoms with van der Waals surface area (Å²) in [6, 6.07) is -1.16. The Kier molecular flexibility index (Phi) is 5.01. The van der Waals surface area contributed by atoms with E-state index in [4.69, 9.17) is 10.2 Å². The van der Waals surface area contributed by atoms with Crippen LogP contribution in [0.4, 0.5) is 8.78 Å². The van der Waals surface area contributed by atoms with Crippen molar-refractivity contribution in [2.24, 2.45) is 5.92 Å². The summed E-state index contributed by atoms with van der Waals surface area (Å²) < 4.78 is 25.8. The molecule has 7 heteroatoms. The van der Waals surface area contributed by atoms with Gasteiger partial charge in [0.2, 0.25) is 11.8 Å². The monoisotopic (exact) mass is 265 g/mol. The molecule has 104 valence electrons. The number of aliphatic hydroxyl groups excluding tert-OH is 1. The number of carboxylic acids is 1. The number of halogens is 2. The maximum atomic E-state index is 12.9. The highest BCUT2D eigenvalue weighted by Gasteiger charge is 2.38. The molecule has 1 rings (SSSR count). The van der Waals surface area contributed by atoms with Crippen LogP contribution in [0.25, 0.3) is 0 Å². The van der Waals surface area contributed by atoms with Gasteiger partial charge in [-0.3, -0.25) is 4.79 Å². The Morgan fingerprint density at radius 2 is 1.89 bits per heavy atom. The molecule has 0 radical (unpaired) electrons. The third-order valence-electron chi connectivity index (χ3n) is 3.12. The van der Waals surface area contributed by atoms with Crippen LogP contribution >= 0.6 is 0 Å². The van der Waals surface area contributed by atoms with Crippen LogP contribution in [0.5, 0.6) is 0 Å². The predicted octanol–water partition coefficient (Wildman–Crippen LogP) is 0.764. The van der Waals surface area contributed by atoms with E-state index in [1.165, 1.54) is 0 Å². The minimum atomic E-state index is -2.71. The third-order valence-corrected chi connectivity index (χ3v) is 3.12. The first-order valence-electron chi connectivity index (χ1n) is 5.87. The van der Waals surface area contributed by atoms with Gasteiger partial charge < -0.3 is 15.5 Å². The van der Waals surface area contributed by atoms with Crippen molar-refractivity contribution in [3.05, 3.63) is 0 Å². The van der Waals surface area contributed by atoms with E-state index in [2.05, 4.69) is 5.32 Å². The smallest absolute Gasteiger partial charge is 0.326 e. The number of aliphatic hydroxyl groups is 1. The molecule has 18 heavy (non-hydrogen) atoms. The first-order valence-corrected chi connectivity index (χ1v) is 5.87. The van der Waals surface area contributed by atoms with E-state index in [9.17, 15) is 18.4 Å². The number of aliphatic carboxylic acids is 1. The zero-order valence-electron chi connectivity index (χ0n) is 9.86. The minimum absolute atomic E-state index is 0.0598. The summed E-state index contributed by atoms with van der Waals surface area (Å²) in [7, 11) is 0. The lowest BCUT2D eigenvalue weighted by atomic mass is 9.86. The molecule has 0 aromatic rings. The fraction of sp³-hybridized carbons (Fsp3) is 0.818. The van der Waals surface area contributed by atoms with Crippen LogP contribution in [0.3, 0.4) is 0 Å². The van der Waals surface area contributed by atoms with Crippen LogP contribution in [0.15, 0.2) is 0 Å². The summed E-state index contributed by atoms with van der Waals surface area (Å²) in [5, 5.41) is 19.7. The molecule has 0 heterocycles.